The van der Waals surface area contributed by atoms with Crippen molar-refractivity contribution < 1.29 is 18.8 Å². The van der Waals surface area contributed by atoms with Crippen LogP contribution in [0.5, 0.6) is 0 Å². The Morgan fingerprint density at radius 1 is 1.18 bits per heavy atom. The predicted molar refractivity (Wildman–Crippen MR) is 125 cm³/mol. The van der Waals surface area contributed by atoms with E-state index in [0.29, 0.717) is 28.8 Å². The molecule has 0 unspecified atom stereocenters. The lowest BCUT2D eigenvalue weighted by molar-refractivity contribution is -0.139. The molecule has 168 valence electrons. The van der Waals surface area contributed by atoms with E-state index >= 15 is 0 Å². The number of thiocarbonyl (C=S) groups is 1. The fourth-order valence-corrected chi connectivity index (χ4v) is 3.76. The number of nitrogens with one attached hydrogen (secondary N) is 2. The van der Waals surface area contributed by atoms with Crippen LogP contribution in [0.15, 0.2) is 52.0 Å². The lowest BCUT2D eigenvalue weighted by Crippen LogP contribution is -2.56. The van der Waals surface area contributed by atoms with Crippen LogP contribution in [0.1, 0.15) is 29.9 Å². The average Bonchev–Trinajstić information content (AvgIpc) is 3.24. The Bertz CT molecular complexity index is 1300. The van der Waals surface area contributed by atoms with E-state index in [-0.39, 0.29) is 16.7 Å². The van der Waals surface area contributed by atoms with Gasteiger partial charge in [-0.15, -0.1) is 0 Å². The summed E-state index contributed by atoms with van der Waals surface area (Å²) in [6, 6.07) is 12.2. The van der Waals surface area contributed by atoms with Gasteiger partial charge in [-0.2, -0.15) is 5.10 Å². The monoisotopic (exact) mass is 464 g/mol. The molecule has 0 bridgehead atoms. The van der Waals surface area contributed by atoms with Crippen molar-refractivity contribution in [3.63, 3.8) is 0 Å². The fourth-order valence-electron chi connectivity index (χ4n) is 3.71. The second-order valence-corrected chi connectivity index (χ2v) is 7.69. The van der Waals surface area contributed by atoms with Gasteiger partial charge in [0.05, 0.1) is 5.69 Å². The summed E-state index contributed by atoms with van der Waals surface area (Å²) in [5, 5.41) is 3.94. The number of oxazole rings is 1. The number of nitrogens with zero attached hydrogens (tertiary/aromatic N) is 3. The number of aromatic nitrogens is 1. The number of ketones is 1. The molecule has 0 spiro atoms. The molecular formula is C22H20N6O4S. The number of aryl methyl sites for hydroxylation is 2. The third-order valence-corrected chi connectivity index (χ3v) is 5.47. The Morgan fingerprint density at radius 2 is 1.94 bits per heavy atom. The zero-order valence-electron chi connectivity index (χ0n) is 17.8. The van der Waals surface area contributed by atoms with Crippen LogP contribution < -0.4 is 21.6 Å². The van der Waals surface area contributed by atoms with Crippen LogP contribution in [0, 0.1) is 6.92 Å². The van der Waals surface area contributed by atoms with Crippen LogP contribution in [0.25, 0.3) is 11.1 Å². The molecule has 1 fully saturated rings. The summed E-state index contributed by atoms with van der Waals surface area (Å²) < 4.78 is 5.71. The summed E-state index contributed by atoms with van der Waals surface area (Å²) in [4.78, 5) is 45.4. The largest absolute Gasteiger partial charge is 0.439 e. The molecule has 2 aromatic carbocycles. The normalized spacial score (nSPS) is 17.7. The molecule has 0 aliphatic carbocycles. The molecule has 2 heterocycles. The van der Waals surface area contributed by atoms with Crippen LogP contribution in [0.2, 0.25) is 0 Å². The van der Waals surface area contributed by atoms with Gasteiger partial charge in [-0.1, -0.05) is 37.3 Å². The van der Waals surface area contributed by atoms with Gasteiger partial charge in [0, 0.05) is 0 Å². The van der Waals surface area contributed by atoms with Crippen molar-refractivity contribution in [3.8, 4) is 0 Å². The Hall–Kier alpha value is -3.96. The lowest BCUT2D eigenvalue weighted by atomic mass is 9.90. The second kappa shape index (κ2) is 8.88. The van der Waals surface area contributed by atoms with Gasteiger partial charge < -0.3 is 4.42 Å². The molecule has 1 aliphatic rings. The first kappa shape index (κ1) is 22.2. The quantitative estimate of drug-likeness (QED) is 0.172. The van der Waals surface area contributed by atoms with Crippen molar-refractivity contribution in [2.45, 2.75) is 26.2 Å². The van der Waals surface area contributed by atoms with Crippen molar-refractivity contribution in [1.29, 1.82) is 0 Å². The summed E-state index contributed by atoms with van der Waals surface area (Å²) in [5.41, 5.74) is 6.93. The number of hydrogen-bond donors (Lipinski definition) is 3. The first-order valence-electron chi connectivity index (χ1n) is 10.1. The number of fused-ring (bicyclic) bond motifs is 1. The van der Waals surface area contributed by atoms with E-state index in [1.54, 1.807) is 43.3 Å². The molecule has 0 radical (unpaired) electrons. The van der Waals surface area contributed by atoms with Crippen LogP contribution >= 0.6 is 12.2 Å². The number of para-hydroxylation sites is 3. The van der Waals surface area contributed by atoms with E-state index in [9.17, 15) is 14.4 Å². The zero-order chi connectivity index (χ0) is 23.7. The highest BCUT2D eigenvalue weighted by molar-refractivity contribution is 7.80. The van der Waals surface area contributed by atoms with Crippen molar-refractivity contribution in [1.82, 2.24) is 15.8 Å². The van der Waals surface area contributed by atoms with Gasteiger partial charge in [0.1, 0.15) is 11.2 Å². The number of hydrazone groups is 1. The number of Topliss-reactive ketones (excluding diaryl/α,β-unsaturated/α-hetero) is 1. The Kier molecular flexibility index (Phi) is 5.99. The van der Waals surface area contributed by atoms with Crippen molar-refractivity contribution in [2.75, 3.05) is 4.90 Å². The third-order valence-electron chi connectivity index (χ3n) is 5.26. The van der Waals surface area contributed by atoms with Crippen molar-refractivity contribution in [2.24, 2.45) is 10.9 Å². The van der Waals surface area contributed by atoms with Crippen LogP contribution in [-0.2, 0) is 20.8 Å². The van der Waals surface area contributed by atoms with Crippen LogP contribution in [0.4, 0.5) is 5.69 Å². The number of anilines is 1. The third kappa shape index (κ3) is 3.88. The van der Waals surface area contributed by atoms with E-state index in [0.717, 1.165) is 10.5 Å². The Balaban J connectivity index is 1.88. The van der Waals surface area contributed by atoms with Crippen LogP contribution in [-0.4, -0.2) is 33.4 Å². The molecule has 1 aliphatic heterocycles. The first-order chi connectivity index (χ1) is 15.9. The van der Waals surface area contributed by atoms with Gasteiger partial charge in [0.15, 0.2) is 11.5 Å². The minimum Gasteiger partial charge on any atom is -0.439 e. The predicted octanol–water partition coefficient (Wildman–Crippen LogP) is 1.62. The standard InChI is InChI=1S/C22H20N6O4S/c1-3-12-8-6-7-11(2)17(12)28-20(30)16(26-27-22(33)25-23)15(18(29)21(28)31)19-24-13-9-4-5-10-14(13)32-19/h4-10,15H,3,23H2,1-2H3,(H2,25,27,33)/b26-16+/t15-/m1/s1. The topological polar surface area (TPSA) is 143 Å². The number of imide groups is 1. The van der Waals surface area contributed by atoms with Gasteiger partial charge in [-0.25, -0.2) is 15.7 Å². The summed E-state index contributed by atoms with van der Waals surface area (Å²) in [6.45, 7) is 3.65. The minimum atomic E-state index is -1.45. The van der Waals surface area contributed by atoms with Crippen molar-refractivity contribution in [3.05, 3.63) is 59.5 Å². The fraction of sp³-hybridized carbons (Fsp3) is 0.182. The number of rotatable bonds is 4. The molecule has 4 rings (SSSR count). The van der Waals surface area contributed by atoms with Gasteiger partial charge in [-0.3, -0.25) is 25.2 Å². The molecule has 33 heavy (non-hydrogen) atoms. The number of amides is 2. The molecule has 4 N–H and O–H groups in total. The molecule has 10 nitrogen and oxygen atoms in total. The maximum Gasteiger partial charge on any atom is 0.302 e. The average molecular weight is 465 g/mol. The summed E-state index contributed by atoms with van der Waals surface area (Å²) in [7, 11) is 0. The van der Waals surface area contributed by atoms with Gasteiger partial charge in [-0.05, 0) is 48.8 Å². The Morgan fingerprint density at radius 3 is 2.64 bits per heavy atom. The van der Waals surface area contributed by atoms with E-state index in [1.165, 1.54) is 0 Å². The molecule has 3 aromatic rings. The molecule has 1 saturated heterocycles. The number of benzene rings is 2. The maximum absolute atomic E-state index is 13.6. The summed E-state index contributed by atoms with van der Waals surface area (Å²) in [5.74, 6) is 1.03. The smallest absolute Gasteiger partial charge is 0.302 e. The maximum atomic E-state index is 13.6. The van der Waals surface area contributed by atoms with Gasteiger partial charge in [0.2, 0.25) is 16.8 Å². The number of hydrazine groups is 1. The summed E-state index contributed by atoms with van der Waals surface area (Å²) >= 11 is 4.94. The number of carbonyl (C=O) groups excluding carboxylic acids is 3. The number of piperidine rings is 1. The van der Waals surface area contributed by atoms with E-state index in [4.69, 9.17) is 22.5 Å². The number of hydrogen-bond acceptors (Lipinski definition) is 8. The Labute approximate surface area is 193 Å². The second-order valence-electron chi connectivity index (χ2n) is 7.28. The van der Waals surface area contributed by atoms with Crippen molar-refractivity contribution >= 4 is 57.4 Å². The van der Waals surface area contributed by atoms with E-state index in [1.807, 2.05) is 13.0 Å². The first-order valence-corrected chi connectivity index (χ1v) is 10.5. The van der Waals surface area contributed by atoms with Crippen LogP contribution in [0.3, 0.4) is 0 Å². The number of carbonyl (C=O) groups is 3. The molecule has 0 saturated carbocycles. The highest BCUT2D eigenvalue weighted by Gasteiger charge is 2.50. The molecule has 2 amide bonds. The molecule has 1 aromatic heterocycles. The highest BCUT2D eigenvalue weighted by atomic mass is 32.1. The lowest BCUT2D eigenvalue weighted by Gasteiger charge is -2.31. The molecular weight excluding hydrogens is 444 g/mol. The number of nitrogens with two attached hydrogens (primary N) is 1. The molecule has 1 atom stereocenters. The van der Waals surface area contributed by atoms with E-state index < -0.39 is 23.5 Å². The highest BCUT2D eigenvalue weighted by Crippen LogP contribution is 2.33. The van der Waals surface area contributed by atoms with Gasteiger partial charge in [0.25, 0.3) is 5.91 Å². The van der Waals surface area contributed by atoms with E-state index in [2.05, 4.69) is 20.9 Å². The SMILES string of the molecule is CCc1cccc(C)c1N1C(=O)C(=O)[C@H](c2nc3ccccc3o2)/C(=N\NC(=S)NN)C1=O. The minimum absolute atomic E-state index is 0.0901. The van der Waals surface area contributed by atoms with Gasteiger partial charge >= 0.3 is 5.91 Å². The zero-order valence-corrected chi connectivity index (χ0v) is 18.6. The molecule has 11 heteroatoms. The summed E-state index contributed by atoms with van der Waals surface area (Å²) in [6.07, 6.45) is 0.544.